The van der Waals surface area contributed by atoms with Gasteiger partial charge in [-0.05, 0) is 68.1 Å². The number of hydrogen-bond acceptors (Lipinski definition) is 5. The molecule has 0 aliphatic carbocycles. The fourth-order valence-electron chi connectivity index (χ4n) is 3.66. The van der Waals surface area contributed by atoms with Gasteiger partial charge in [0, 0.05) is 55.9 Å². The molecule has 0 radical (unpaired) electrons. The molecule has 0 spiro atoms. The minimum absolute atomic E-state index is 0.00625. The summed E-state index contributed by atoms with van der Waals surface area (Å²) in [5, 5.41) is 8.70. The van der Waals surface area contributed by atoms with E-state index in [1.807, 2.05) is 4.90 Å². The average molecular weight is 453 g/mol. The number of piperidine rings is 1. The SMILES string of the molecule is COCCCNC(=O)c1ccc(NCC(=O)Nc2cccc(C(=O)N3CCCCC3)c2)cc1. The van der Waals surface area contributed by atoms with E-state index < -0.39 is 0 Å². The zero-order valence-electron chi connectivity index (χ0n) is 19.1. The fraction of sp³-hybridized carbons (Fsp3) is 0.400. The van der Waals surface area contributed by atoms with Crippen molar-refractivity contribution in [2.24, 2.45) is 0 Å². The Labute approximate surface area is 194 Å². The number of methoxy groups -OCH3 is 1. The summed E-state index contributed by atoms with van der Waals surface area (Å²) in [6.45, 7) is 2.79. The smallest absolute Gasteiger partial charge is 0.253 e. The van der Waals surface area contributed by atoms with Crippen molar-refractivity contribution in [1.29, 1.82) is 0 Å². The van der Waals surface area contributed by atoms with Crippen molar-refractivity contribution in [1.82, 2.24) is 10.2 Å². The van der Waals surface area contributed by atoms with Crippen LogP contribution in [-0.2, 0) is 9.53 Å². The molecule has 33 heavy (non-hydrogen) atoms. The first kappa shape index (κ1) is 24.3. The van der Waals surface area contributed by atoms with Crippen LogP contribution in [0.1, 0.15) is 46.4 Å². The fourth-order valence-corrected chi connectivity index (χ4v) is 3.66. The second kappa shape index (κ2) is 12.6. The predicted molar refractivity (Wildman–Crippen MR) is 129 cm³/mol. The van der Waals surface area contributed by atoms with Crippen molar-refractivity contribution >= 4 is 29.1 Å². The number of nitrogens with one attached hydrogen (secondary N) is 3. The number of likely N-dealkylation sites (tertiary alicyclic amines) is 1. The van der Waals surface area contributed by atoms with Gasteiger partial charge in [0.05, 0.1) is 6.54 Å². The normalized spacial score (nSPS) is 13.3. The highest BCUT2D eigenvalue weighted by molar-refractivity contribution is 5.98. The van der Waals surface area contributed by atoms with E-state index >= 15 is 0 Å². The Morgan fingerprint density at radius 1 is 0.939 bits per heavy atom. The third-order valence-corrected chi connectivity index (χ3v) is 5.45. The van der Waals surface area contributed by atoms with Crippen LogP contribution < -0.4 is 16.0 Å². The molecule has 0 bridgehead atoms. The van der Waals surface area contributed by atoms with Gasteiger partial charge < -0.3 is 25.6 Å². The number of carbonyl (C=O) groups excluding carboxylic acids is 3. The van der Waals surface area contributed by atoms with Gasteiger partial charge in [-0.1, -0.05) is 6.07 Å². The number of hydrogen-bond donors (Lipinski definition) is 3. The highest BCUT2D eigenvalue weighted by Gasteiger charge is 2.18. The lowest BCUT2D eigenvalue weighted by Gasteiger charge is -2.26. The standard InChI is InChI=1S/C25H32N4O4/c1-33-16-6-13-26-24(31)19-9-11-21(12-10-19)27-18-23(30)28-22-8-5-7-20(17-22)25(32)29-14-3-2-4-15-29/h5,7-12,17,27H,2-4,6,13-16,18H2,1H3,(H,26,31)(H,28,30). The maximum atomic E-state index is 12.7. The van der Waals surface area contributed by atoms with Crippen LogP contribution in [0.3, 0.4) is 0 Å². The zero-order valence-corrected chi connectivity index (χ0v) is 19.1. The van der Waals surface area contributed by atoms with Gasteiger partial charge in [0.25, 0.3) is 11.8 Å². The van der Waals surface area contributed by atoms with E-state index in [4.69, 9.17) is 4.74 Å². The third kappa shape index (κ3) is 7.61. The van der Waals surface area contributed by atoms with Gasteiger partial charge in [-0.3, -0.25) is 14.4 Å². The molecule has 0 saturated carbocycles. The lowest BCUT2D eigenvalue weighted by Crippen LogP contribution is -2.35. The number of nitrogens with zero attached hydrogens (tertiary/aromatic N) is 1. The number of benzene rings is 2. The summed E-state index contributed by atoms with van der Waals surface area (Å²) < 4.78 is 4.96. The average Bonchev–Trinajstić information content (AvgIpc) is 2.86. The van der Waals surface area contributed by atoms with E-state index in [1.54, 1.807) is 55.6 Å². The molecule has 2 aromatic rings. The molecule has 1 aliphatic rings. The first-order chi connectivity index (χ1) is 16.1. The Kier molecular flexibility index (Phi) is 9.26. The summed E-state index contributed by atoms with van der Waals surface area (Å²) in [7, 11) is 1.63. The van der Waals surface area contributed by atoms with Crippen molar-refractivity contribution in [2.75, 3.05) is 50.5 Å². The molecule has 1 heterocycles. The molecule has 8 heteroatoms. The number of carbonyl (C=O) groups is 3. The number of ether oxygens (including phenoxy) is 1. The zero-order chi connectivity index (χ0) is 23.5. The Bertz CT molecular complexity index is 940. The summed E-state index contributed by atoms with van der Waals surface area (Å²) in [4.78, 5) is 39.0. The summed E-state index contributed by atoms with van der Waals surface area (Å²) >= 11 is 0. The van der Waals surface area contributed by atoms with E-state index in [-0.39, 0.29) is 24.3 Å². The topological polar surface area (TPSA) is 99.8 Å². The molecule has 3 rings (SSSR count). The predicted octanol–water partition coefficient (Wildman–Crippen LogP) is 3.13. The number of rotatable bonds is 10. The van der Waals surface area contributed by atoms with Crippen molar-refractivity contribution in [2.45, 2.75) is 25.7 Å². The maximum absolute atomic E-state index is 12.7. The van der Waals surface area contributed by atoms with Gasteiger partial charge in [0.15, 0.2) is 0 Å². The Morgan fingerprint density at radius 2 is 1.70 bits per heavy atom. The highest BCUT2D eigenvalue weighted by atomic mass is 16.5. The molecule has 2 aromatic carbocycles. The van der Waals surface area contributed by atoms with Crippen molar-refractivity contribution in [3.8, 4) is 0 Å². The minimum atomic E-state index is -0.225. The molecule has 0 atom stereocenters. The summed E-state index contributed by atoms with van der Waals surface area (Å²) in [6, 6.07) is 14.0. The van der Waals surface area contributed by atoms with Crippen LogP contribution in [0.25, 0.3) is 0 Å². The Morgan fingerprint density at radius 3 is 2.42 bits per heavy atom. The van der Waals surface area contributed by atoms with E-state index in [0.717, 1.165) is 44.5 Å². The molecule has 0 aromatic heterocycles. The summed E-state index contributed by atoms with van der Waals surface area (Å²) in [5.41, 5.74) is 2.46. The third-order valence-electron chi connectivity index (χ3n) is 5.45. The first-order valence-electron chi connectivity index (χ1n) is 11.4. The largest absolute Gasteiger partial charge is 0.385 e. The molecule has 176 valence electrons. The van der Waals surface area contributed by atoms with Crippen LogP contribution in [0.2, 0.25) is 0 Å². The molecule has 1 saturated heterocycles. The van der Waals surface area contributed by atoms with Crippen LogP contribution >= 0.6 is 0 Å². The van der Waals surface area contributed by atoms with Gasteiger partial charge in [-0.15, -0.1) is 0 Å². The van der Waals surface area contributed by atoms with Crippen molar-refractivity contribution < 1.29 is 19.1 Å². The molecule has 1 fully saturated rings. The lowest BCUT2D eigenvalue weighted by atomic mass is 10.1. The lowest BCUT2D eigenvalue weighted by molar-refractivity contribution is -0.114. The van der Waals surface area contributed by atoms with Crippen LogP contribution in [0.15, 0.2) is 48.5 Å². The monoisotopic (exact) mass is 452 g/mol. The van der Waals surface area contributed by atoms with Gasteiger partial charge >= 0.3 is 0 Å². The second-order valence-electron chi connectivity index (χ2n) is 8.01. The van der Waals surface area contributed by atoms with Crippen molar-refractivity contribution in [3.05, 3.63) is 59.7 Å². The molecule has 3 N–H and O–H groups in total. The quantitative estimate of drug-likeness (QED) is 0.481. The Hall–Kier alpha value is -3.39. The van der Waals surface area contributed by atoms with Gasteiger partial charge in [-0.2, -0.15) is 0 Å². The van der Waals surface area contributed by atoms with Crippen LogP contribution in [-0.4, -0.2) is 62.5 Å². The minimum Gasteiger partial charge on any atom is -0.385 e. The van der Waals surface area contributed by atoms with Gasteiger partial charge in [0.2, 0.25) is 5.91 Å². The highest BCUT2D eigenvalue weighted by Crippen LogP contribution is 2.16. The Balaban J connectivity index is 1.46. The van der Waals surface area contributed by atoms with Gasteiger partial charge in [0.1, 0.15) is 0 Å². The molecule has 3 amide bonds. The molecule has 1 aliphatic heterocycles. The first-order valence-corrected chi connectivity index (χ1v) is 11.4. The number of anilines is 2. The molecular formula is C25H32N4O4. The van der Waals surface area contributed by atoms with E-state index in [0.29, 0.717) is 30.0 Å². The van der Waals surface area contributed by atoms with Crippen LogP contribution in [0.4, 0.5) is 11.4 Å². The number of amides is 3. The molecule has 8 nitrogen and oxygen atoms in total. The summed E-state index contributed by atoms with van der Waals surface area (Å²) in [5.74, 6) is -0.362. The van der Waals surface area contributed by atoms with E-state index in [1.165, 1.54) is 0 Å². The van der Waals surface area contributed by atoms with E-state index in [2.05, 4.69) is 16.0 Å². The van der Waals surface area contributed by atoms with Crippen LogP contribution in [0, 0.1) is 0 Å². The van der Waals surface area contributed by atoms with Gasteiger partial charge in [-0.25, -0.2) is 0 Å². The van der Waals surface area contributed by atoms with Crippen molar-refractivity contribution in [3.63, 3.8) is 0 Å². The summed E-state index contributed by atoms with van der Waals surface area (Å²) in [6.07, 6.45) is 3.99. The van der Waals surface area contributed by atoms with E-state index in [9.17, 15) is 14.4 Å². The van der Waals surface area contributed by atoms with Crippen LogP contribution in [0.5, 0.6) is 0 Å². The second-order valence-corrected chi connectivity index (χ2v) is 8.01. The maximum Gasteiger partial charge on any atom is 0.253 e. The molecular weight excluding hydrogens is 420 g/mol. The molecule has 0 unspecified atom stereocenters.